The number of benzene rings is 6. The summed E-state index contributed by atoms with van der Waals surface area (Å²) in [5.41, 5.74) is -0.426. The molecule has 0 bridgehead atoms. The highest BCUT2D eigenvalue weighted by Gasteiger charge is 2.46. The summed E-state index contributed by atoms with van der Waals surface area (Å²) in [6, 6.07) is 18.2. The zero-order chi connectivity index (χ0) is 109. The van der Waals surface area contributed by atoms with E-state index < -0.39 is 87.0 Å². The van der Waals surface area contributed by atoms with E-state index in [-0.39, 0.29) is 108 Å². The van der Waals surface area contributed by atoms with Gasteiger partial charge in [0.1, 0.15) is 23.0 Å². The Hall–Kier alpha value is -6.34. The molecule has 0 heterocycles. The van der Waals surface area contributed by atoms with E-state index in [0.717, 1.165) is 210 Å². The topological polar surface area (TPSA) is 102 Å². The minimum atomic E-state index is -4.86. The lowest BCUT2D eigenvalue weighted by atomic mass is 9.68. The minimum absolute atomic E-state index is 0. The van der Waals surface area contributed by atoms with Crippen LogP contribution in [0.4, 0.5) is 52.7 Å². The fourth-order valence-electron chi connectivity index (χ4n) is 28.7. The highest BCUT2D eigenvalue weighted by atomic mass is 35.5. The molecule has 18 rings (SSSR count). The highest BCUT2D eigenvalue weighted by Crippen LogP contribution is 2.52. The van der Waals surface area contributed by atoms with E-state index in [9.17, 15) is 81.5 Å². The predicted molar refractivity (Wildman–Crippen MR) is 608 cm³/mol. The van der Waals surface area contributed by atoms with E-state index in [1.54, 1.807) is 38.1 Å². The normalized spacial score (nSPS) is 30.5. The standard InChI is InChI=1S/2C22H28F4O.C21H28Cl2O.2C21H28ClFO.C21H28F2O.12H2/c1-13-3-6-15(7-4-13)16-8-10-17(11-9-16)21(27)18-12-5-14(2)20(23)19(18)22(24,25)26;1-13-3-6-15(7-4-13)16-8-10-17(11-9-16)21(27)18-12-5-14(2)19(20(18)23)22(24,25)26;1-13-3-6-15(7-4-13)16-8-10-17(11-9-16)21(24)18-12-5-14(2)19(22)20(18)23;1-13-3-6-15(7-4-13)16-8-10-17(11-9-16)21(24)18-12-5-14(2)20(23)19(18)22;2*1-13-3-6-15(7-4-13)16-8-10-17(11-9-16)21(24)18-12-5-14(2)19(22)20(18)23;;;;;;;;;;;;/h2*5,12-13,15-17H,3-4,6-11H2,1-2H3;4*5,12-13,15-17H,3-4,6-11H2,1-2H3;12*1H. The third kappa shape index (κ3) is 31.2. The van der Waals surface area contributed by atoms with Crippen LogP contribution in [0.2, 0.25) is 20.1 Å². The van der Waals surface area contributed by atoms with Crippen molar-refractivity contribution in [3.8, 4) is 0 Å². The summed E-state index contributed by atoms with van der Waals surface area (Å²) in [4.78, 5) is 76.5. The Labute approximate surface area is 925 Å². The van der Waals surface area contributed by atoms with Crippen LogP contribution in [-0.4, -0.2) is 34.7 Å². The molecule has 6 nitrogen and oxygen atoms in total. The smallest absolute Gasteiger partial charge is 0.294 e. The van der Waals surface area contributed by atoms with E-state index in [4.69, 9.17) is 46.4 Å². The van der Waals surface area contributed by atoms with Gasteiger partial charge in [-0.2, -0.15) is 26.3 Å². The second kappa shape index (κ2) is 55.2. The quantitative estimate of drug-likeness (QED) is 0.0627. The van der Waals surface area contributed by atoms with Crippen molar-refractivity contribution in [1.29, 1.82) is 0 Å². The molecular formula is C128H192Cl4F12O6. The largest absolute Gasteiger partial charge is 0.419 e. The monoisotopic (exact) mass is 2190 g/mol. The summed E-state index contributed by atoms with van der Waals surface area (Å²) in [6.07, 6.45) is 44.6. The van der Waals surface area contributed by atoms with Gasteiger partial charge in [0.25, 0.3) is 0 Å². The van der Waals surface area contributed by atoms with Gasteiger partial charge in [-0.25, -0.2) is 26.3 Å². The van der Waals surface area contributed by atoms with Gasteiger partial charge in [0, 0.05) is 69.3 Å². The first-order valence-corrected chi connectivity index (χ1v) is 59.5. The Balaban J connectivity index is 0.000000958. The van der Waals surface area contributed by atoms with Crippen LogP contribution in [0, 0.1) is 218 Å². The molecule has 0 saturated heterocycles. The van der Waals surface area contributed by atoms with Crippen molar-refractivity contribution in [2.45, 2.75) is 404 Å². The number of aryl methyl sites for hydroxylation is 6. The predicted octanol–water partition coefficient (Wildman–Crippen LogP) is 43.3. The van der Waals surface area contributed by atoms with Gasteiger partial charge in [0.2, 0.25) is 0 Å². The number of hydrogen-bond acceptors (Lipinski definition) is 6. The van der Waals surface area contributed by atoms with Crippen molar-refractivity contribution < 1.29 is 98.6 Å². The molecule has 0 spiro atoms. The summed E-state index contributed by atoms with van der Waals surface area (Å²) in [7, 11) is 0. The van der Waals surface area contributed by atoms with Crippen molar-refractivity contribution >= 4 is 81.1 Å². The molecule has 6 aromatic rings. The van der Waals surface area contributed by atoms with Gasteiger partial charge in [-0.05, 0) is 443 Å². The lowest BCUT2D eigenvalue weighted by Gasteiger charge is -2.37. The van der Waals surface area contributed by atoms with Crippen molar-refractivity contribution in [2.24, 2.45) is 142 Å². The van der Waals surface area contributed by atoms with Gasteiger partial charge in [-0.1, -0.05) is 207 Å². The van der Waals surface area contributed by atoms with Gasteiger partial charge in [0.05, 0.1) is 42.3 Å². The number of Topliss-reactive ketones (excluding diaryl/α,β-unsaturated/α-hetero) is 6. The van der Waals surface area contributed by atoms with Gasteiger partial charge in [-0.3, -0.25) is 28.8 Å². The molecule has 150 heavy (non-hydrogen) atoms. The molecule has 0 unspecified atom stereocenters. The maximum absolute atomic E-state index is 14.5. The van der Waals surface area contributed by atoms with Crippen LogP contribution in [0.25, 0.3) is 0 Å². The van der Waals surface area contributed by atoms with Crippen LogP contribution in [0.15, 0.2) is 72.8 Å². The van der Waals surface area contributed by atoms with Crippen LogP contribution in [0.5, 0.6) is 0 Å². The zero-order valence-electron chi connectivity index (χ0n) is 91.2. The summed E-state index contributed by atoms with van der Waals surface area (Å²) >= 11 is 24.6. The maximum atomic E-state index is 14.5. The van der Waals surface area contributed by atoms with Crippen LogP contribution in [-0.2, 0) is 12.4 Å². The molecule has 12 aliphatic rings. The second-order valence-electron chi connectivity index (χ2n) is 49.4. The highest BCUT2D eigenvalue weighted by molar-refractivity contribution is 6.44. The molecule has 22 heteroatoms. The van der Waals surface area contributed by atoms with E-state index >= 15 is 0 Å². The Kier molecular flexibility index (Phi) is 44.4. The van der Waals surface area contributed by atoms with E-state index in [1.165, 1.54) is 218 Å². The Bertz CT molecular complexity index is 5110. The molecular weight excluding hydrogens is 2000 g/mol. The Morgan fingerprint density at radius 2 is 0.380 bits per heavy atom. The van der Waals surface area contributed by atoms with Crippen LogP contribution < -0.4 is 0 Å². The third-order valence-corrected chi connectivity index (χ3v) is 41.0. The molecule has 12 aliphatic carbocycles. The molecule has 12 saturated carbocycles. The average Bonchev–Trinajstić information content (AvgIpc) is 0.773. The number of hydrogen-bond donors (Lipinski definition) is 0. The van der Waals surface area contributed by atoms with Crippen molar-refractivity contribution in [3.63, 3.8) is 0 Å². The Morgan fingerprint density at radius 1 is 0.193 bits per heavy atom. The average molecular weight is 2200 g/mol. The molecule has 0 aromatic heterocycles. The lowest BCUT2D eigenvalue weighted by molar-refractivity contribution is -0.141. The molecule has 12 fully saturated rings. The fourth-order valence-corrected chi connectivity index (χ4v) is 29.6. The number of carbonyl (C=O) groups excluding carboxylic acids is 6. The molecule has 852 valence electrons. The molecule has 0 amide bonds. The summed E-state index contributed by atoms with van der Waals surface area (Å²) < 4.78 is 164. The number of alkyl halides is 6. The van der Waals surface area contributed by atoms with Crippen molar-refractivity contribution in [2.75, 3.05) is 0 Å². The van der Waals surface area contributed by atoms with E-state index in [1.807, 2.05) is 19.1 Å². The Morgan fingerprint density at radius 3 is 0.647 bits per heavy atom. The van der Waals surface area contributed by atoms with Gasteiger partial charge < -0.3 is 0 Å². The van der Waals surface area contributed by atoms with Gasteiger partial charge >= 0.3 is 12.4 Å². The first-order chi connectivity index (χ1) is 71.2. The van der Waals surface area contributed by atoms with Gasteiger partial charge in [-0.15, -0.1) is 0 Å². The molecule has 0 aliphatic heterocycles. The molecule has 0 atom stereocenters. The SMILES string of the molecule is Cc1ccc(C(=O)C2CCC(C3CCC(C)CC3)CC2)c(C(F)(F)F)c1F.Cc1ccc(C(=O)C2CCC(C3CCC(C)CC3)CC2)c(Cl)c1Cl.Cc1ccc(C(=O)C2CCC(C3CCC(C)CC3)CC2)c(Cl)c1F.Cc1ccc(C(=O)C2CCC(C3CCC(C)CC3)CC2)c(F)c1C(F)(F)F.Cc1ccc(C(=O)C2CCC(C3CCC(C)CC3)CC2)c(F)c1Cl.Cc1ccc(C(=O)C2CCC(C3CCC(C)CC3)CC2)c(F)c1F.[HH].[HH].[HH].[HH].[HH].[HH].[HH].[HH].[HH].[HH].[HH].[HH]. The van der Waals surface area contributed by atoms with Crippen molar-refractivity contribution in [1.82, 2.24) is 0 Å². The zero-order valence-corrected chi connectivity index (χ0v) is 94.2. The number of halogens is 16. The van der Waals surface area contributed by atoms with E-state index in [0.29, 0.717) is 81.7 Å². The fraction of sp³-hybridized carbons (Fsp3) is 0.672. The first kappa shape index (κ1) is 121. The second-order valence-corrected chi connectivity index (χ2v) is 51.0. The molecule has 0 radical (unpaired) electrons. The first-order valence-electron chi connectivity index (χ1n) is 58.0. The third-order valence-electron chi connectivity index (χ3n) is 39.2. The summed E-state index contributed by atoms with van der Waals surface area (Å²) in [5.74, 6) is 6.83. The van der Waals surface area contributed by atoms with Crippen molar-refractivity contribution in [3.05, 3.63) is 206 Å². The number of ketones is 6. The van der Waals surface area contributed by atoms with Crippen LogP contribution >= 0.6 is 46.4 Å². The minimum Gasteiger partial charge on any atom is -0.294 e. The van der Waals surface area contributed by atoms with Gasteiger partial charge in [0.15, 0.2) is 52.2 Å². The molecule has 0 N–H and O–H groups in total. The number of carbonyl (C=O) groups is 6. The van der Waals surface area contributed by atoms with Crippen LogP contribution in [0.3, 0.4) is 0 Å². The maximum Gasteiger partial charge on any atom is 0.419 e. The van der Waals surface area contributed by atoms with Crippen LogP contribution in [0.1, 0.15) is 474 Å². The summed E-state index contributed by atoms with van der Waals surface area (Å²) in [5, 5.41) is 1.05. The van der Waals surface area contributed by atoms with E-state index in [2.05, 4.69) is 41.5 Å². The lowest BCUT2D eigenvalue weighted by Crippen LogP contribution is -2.29. The number of rotatable bonds is 18. The molecule has 6 aromatic carbocycles. The summed E-state index contributed by atoms with van der Waals surface area (Å²) in [6.45, 7) is 23.4.